The lowest BCUT2D eigenvalue weighted by molar-refractivity contribution is 0.163. The zero-order chi connectivity index (χ0) is 11.9. The van der Waals surface area contributed by atoms with E-state index in [1.54, 1.807) is 0 Å². The maximum Gasteiger partial charge on any atom is 0.0575 e. The van der Waals surface area contributed by atoms with Crippen molar-refractivity contribution in [3.63, 3.8) is 0 Å². The third-order valence-electron chi connectivity index (χ3n) is 3.27. The van der Waals surface area contributed by atoms with E-state index in [9.17, 15) is 0 Å². The summed E-state index contributed by atoms with van der Waals surface area (Å²) in [5.41, 5.74) is 1.19. The van der Waals surface area contributed by atoms with Gasteiger partial charge in [0.15, 0.2) is 0 Å². The molecule has 2 rings (SSSR count). The zero-order valence-corrected chi connectivity index (χ0v) is 10.3. The largest absolute Gasteiger partial charge is 0.314 e. The lowest BCUT2D eigenvalue weighted by Crippen LogP contribution is -2.45. The maximum absolute atomic E-state index is 4.51. The number of aromatic nitrogens is 1. The van der Waals surface area contributed by atoms with Gasteiger partial charge in [0.1, 0.15) is 0 Å². The van der Waals surface area contributed by atoms with E-state index < -0.39 is 0 Å². The van der Waals surface area contributed by atoms with Crippen molar-refractivity contribution in [2.24, 2.45) is 0 Å². The Balaban J connectivity index is 2.09. The smallest absolute Gasteiger partial charge is 0.0575 e. The summed E-state index contributed by atoms with van der Waals surface area (Å²) in [6.07, 6.45) is 6.04. The fraction of sp³-hybridized carbons (Fsp3) is 0.500. The molecule has 1 N–H and O–H groups in total. The molecule has 0 amide bonds. The minimum atomic E-state index is 0.441. The van der Waals surface area contributed by atoms with Crippen molar-refractivity contribution >= 4 is 0 Å². The van der Waals surface area contributed by atoms with Gasteiger partial charge in [-0.2, -0.15) is 0 Å². The topological polar surface area (TPSA) is 28.2 Å². The molecule has 0 saturated carbocycles. The van der Waals surface area contributed by atoms with Crippen LogP contribution in [0.4, 0.5) is 0 Å². The molecule has 3 nitrogen and oxygen atoms in total. The second-order valence-corrected chi connectivity index (χ2v) is 4.42. The number of nitrogens with zero attached hydrogens (tertiary/aromatic N) is 2. The highest BCUT2D eigenvalue weighted by molar-refractivity contribution is 5.09. The quantitative estimate of drug-likeness (QED) is 0.786. The standard InChI is InChI=1S/C14H21N3/c1-2-3-7-14(13-6-4-5-8-16-13)17-11-9-15-10-12-17/h2,4-6,8,14-15H,1,3,7,9-12H2/t14-/m0/s1. The number of hydrogen-bond donors (Lipinski definition) is 1. The predicted octanol–water partition coefficient (Wildman–Crippen LogP) is 1.99. The van der Waals surface area contributed by atoms with Gasteiger partial charge in [0.25, 0.3) is 0 Å². The predicted molar refractivity (Wildman–Crippen MR) is 70.9 cm³/mol. The summed E-state index contributed by atoms with van der Waals surface area (Å²) >= 11 is 0. The maximum atomic E-state index is 4.51. The second-order valence-electron chi connectivity index (χ2n) is 4.42. The average Bonchev–Trinajstić information content (AvgIpc) is 2.42. The van der Waals surface area contributed by atoms with Gasteiger partial charge in [0, 0.05) is 32.4 Å². The molecule has 17 heavy (non-hydrogen) atoms. The van der Waals surface area contributed by atoms with Gasteiger partial charge in [-0.1, -0.05) is 12.1 Å². The van der Waals surface area contributed by atoms with Gasteiger partial charge in [-0.3, -0.25) is 9.88 Å². The first-order chi connectivity index (χ1) is 8.42. The van der Waals surface area contributed by atoms with E-state index >= 15 is 0 Å². The molecule has 0 unspecified atom stereocenters. The van der Waals surface area contributed by atoms with Crippen LogP contribution in [-0.4, -0.2) is 36.1 Å². The molecule has 1 aliphatic heterocycles. The Morgan fingerprint density at radius 1 is 1.41 bits per heavy atom. The summed E-state index contributed by atoms with van der Waals surface area (Å²) in [7, 11) is 0. The summed E-state index contributed by atoms with van der Waals surface area (Å²) in [6.45, 7) is 8.20. The van der Waals surface area contributed by atoms with Gasteiger partial charge in [0.2, 0.25) is 0 Å². The minimum absolute atomic E-state index is 0.441. The second kappa shape index (κ2) is 6.52. The van der Waals surface area contributed by atoms with E-state index in [0.717, 1.165) is 39.0 Å². The molecular weight excluding hydrogens is 210 g/mol. The van der Waals surface area contributed by atoms with Crippen LogP contribution in [0.3, 0.4) is 0 Å². The van der Waals surface area contributed by atoms with Crippen LogP contribution in [-0.2, 0) is 0 Å². The van der Waals surface area contributed by atoms with Crippen molar-refractivity contribution < 1.29 is 0 Å². The van der Waals surface area contributed by atoms with E-state index in [1.165, 1.54) is 5.69 Å². The van der Waals surface area contributed by atoms with Crippen molar-refractivity contribution in [1.29, 1.82) is 0 Å². The highest BCUT2D eigenvalue weighted by atomic mass is 15.2. The molecule has 0 aromatic carbocycles. The van der Waals surface area contributed by atoms with Crippen LogP contribution >= 0.6 is 0 Å². The Labute approximate surface area is 104 Å². The first kappa shape index (κ1) is 12.3. The number of pyridine rings is 1. The van der Waals surface area contributed by atoms with Crippen LogP contribution < -0.4 is 5.32 Å². The van der Waals surface area contributed by atoms with Crippen LogP contribution in [0, 0.1) is 0 Å². The molecule has 0 spiro atoms. The van der Waals surface area contributed by atoms with Crippen LogP contribution in [0.2, 0.25) is 0 Å². The third-order valence-corrected chi connectivity index (χ3v) is 3.27. The fourth-order valence-corrected chi connectivity index (χ4v) is 2.36. The molecule has 1 saturated heterocycles. The van der Waals surface area contributed by atoms with Crippen molar-refractivity contribution in [3.05, 3.63) is 42.7 Å². The Morgan fingerprint density at radius 3 is 2.88 bits per heavy atom. The van der Waals surface area contributed by atoms with Crippen molar-refractivity contribution in [3.8, 4) is 0 Å². The van der Waals surface area contributed by atoms with Crippen LogP contribution in [0.5, 0.6) is 0 Å². The highest BCUT2D eigenvalue weighted by Crippen LogP contribution is 2.24. The first-order valence-electron chi connectivity index (χ1n) is 6.38. The summed E-state index contributed by atoms with van der Waals surface area (Å²) in [5.74, 6) is 0. The van der Waals surface area contributed by atoms with E-state index in [-0.39, 0.29) is 0 Å². The summed E-state index contributed by atoms with van der Waals surface area (Å²) in [4.78, 5) is 7.04. The van der Waals surface area contributed by atoms with E-state index in [0.29, 0.717) is 6.04 Å². The molecule has 2 heterocycles. The van der Waals surface area contributed by atoms with Gasteiger partial charge in [-0.05, 0) is 25.0 Å². The molecule has 3 heteroatoms. The van der Waals surface area contributed by atoms with Crippen LogP contribution in [0.25, 0.3) is 0 Å². The Bertz CT molecular complexity index is 331. The lowest BCUT2D eigenvalue weighted by Gasteiger charge is -2.34. The van der Waals surface area contributed by atoms with Crippen LogP contribution in [0.15, 0.2) is 37.1 Å². The molecule has 1 atom stereocenters. The number of hydrogen-bond acceptors (Lipinski definition) is 3. The number of rotatable bonds is 5. The van der Waals surface area contributed by atoms with E-state index in [4.69, 9.17) is 0 Å². The summed E-state index contributed by atoms with van der Waals surface area (Å²) in [5, 5.41) is 3.39. The van der Waals surface area contributed by atoms with Crippen molar-refractivity contribution in [2.45, 2.75) is 18.9 Å². The third kappa shape index (κ3) is 3.38. The Hall–Kier alpha value is -1.19. The Kier molecular flexibility index (Phi) is 4.71. The zero-order valence-electron chi connectivity index (χ0n) is 10.3. The lowest BCUT2D eigenvalue weighted by atomic mass is 10.0. The van der Waals surface area contributed by atoms with Gasteiger partial charge >= 0.3 is 0 Å². The highest BCUT2D eigenvalue weighted by Gasteiger charge is 2.22. The van der Waals surface area contributed by atoms with Gasteiger partial charge in [-0.25, -0.2) is 0 Å². The molecule has 1 aromatic rings. The van der Waals surface area contributed by atoms with Crippen molar-refractivity contribution in [1.82, 2.24) is 15.2 Å². The fourth-order valence-electron chi connectivity index (χ4n) is 2.36. The van der Waals surface area contributed by atoms with Gasteiger partial charge < -0.3 is 5.32 Å². The van der Waals surface area contributed by atoms with Gasteiger partial charge in [-0.15, -0.1) is 6.58 Å². The molecule has 1 fully saturated rings. The molecule has 0 aliphatic carbocycles. The van der Waals surface area contributed by atoms with Gasteiger partial charge in [0.05, 0.1) is 11.7 Å². The first-order valence-corrected chi connectivity index (χ1v) is 6.38. The molecule has 1 aliphatic rings. The van der Waals surface area contributed by atoms with Crippen molar-refractivity contribution in [2.75, 3.05) is 26.2 Å². The normalized spacial score (nSPS) is 18.8. The molecule has 0 radical (unpaired) electrons. The minimum Gasteiger partial charge on any atom is -0.314 e. The number of piperazine rings is 1. The van der Waals surface area contributed by atoms with E-state index in [2.05, 4.69) is 33.9 Å². The number of allylic oxidation sites excluding steroid dienone is 1. The number of nitrogens with one attached hydrogen (secondary N) is 1. The molecule has 92 valence electrons. The molecule has 0 bridgehead atoms. The summed E-state index contributed by atoms with van der Waals surface area (Å²) < 4.78 is 0. The summed E-state index contributed by atoms with van der Waals surface area (Å²) in [6, 6.07) is 6.63. The monoisotopic (exact) mass is 231 g/mol. The Morgan fingerprint density at radius 2 is 2.24 bits per heavy atom. The average molecular weight is 231 g/mol. The SMILES string of the molecule is C=CCC[C@@H](c1ccccn1)N1CCNCC1. The van der Waals surface area contributed by atoms with E-state index in [1.807, 2.05) is 18.3 Å². The molecular formula is C14H21N3. The van der Waals surface area contributed by atoms with Crippen LogP contribution in [0.1, 0.15) is 24.6 Å². The molecule has 1 aromatic heterocycles.